The first-order valence-corrected chi connectivity index (χ1v) is 11.8. The SMILES string of the molecule is CCCS(=O)(=O)NC(Cc1ccc(Cl)c(Cl)c1)C(=O)NCc1cnc2[nH]ccc2c1. The van der Waals surface area contributed by atoms with E-state index in [1.165, 1.54) is 0 Å². The highest BCUT2D eigenvalue weighted by molar-refractivity contribution is 7.89. The summed E-state index contributed by atoms with van der Waals surface area (Å²) in [4.78, 5) is 20.1. The molecule has 0 aliphatic heterocycles. The van der Waals surface area contributed by atoms with Gasteiger partial charge in [-0.3, -0.25) is 4.79 Å². The molecule has 0 radical (unpaired) electrons. The second-order valence-corrected chi connectivity index (χ2v) is 9.61. The van der Waals surface area contributed by atoms with Crippen molar-refractivity contribution in [3.8, 4) is 0 Å². The van der Waals surface area contributed by atoms with Crippen LogP contribution < -0.4 is 10.0 Å². The van der Waals surface area contributed by atoms with Crippen molar-refractivity contribution >= 4 is 50.2 Å². The molecule has 1 unspecified atom stereocenters. The molecule has 0 saturated heterocycles. The van der Waals surface area contributed by atoms with E-state index in [-0.39, 0.29) is 18.7 Å². The zero-order valence-corrected chi connectivity index (χ0v) is 18.6. The molecule has 1 aromatic carbocycles. The lowest BCUT2D eigenvalue weighted by Crippen LogP contribution is -2.48. The molecule has 0 aliphatic carbocycles. The third-order valence-corrected chi connectivity index (χ3v) is 6.79. The summed E-state index contributed by atoms with van der Waals surface area (Å²) in [5, 5.41) is 4.45. The van der Waals surface area contributed by atoms with Crippen molar-refractivity contribution in [3.63, 3.8) is 0 Å². The Morgan fingerprint density at radius 1 is 1.17 bits per heavy atom. The number of halogens is 2. The maximum absolute atomic E-state index is 12.8. The second kappa shape index (κ2) is 9.78. The van der Waals surface area contributed by atoms with E-state index in [9.17, 15) is 13.2 Å². The van der Waals surface area contributed by atoms with Crippen LogP contribution in [0.1, 0.15) is 24.5 Å². The van der Waals surface area contributed by atoms with E-state index in [4.69, 9.17) is 23.2 Å². The van der Waals surface area contributed by atoms with Crippen molar-refractivity contribution in [3.05, 3.63) is 63.9 Å². The van der Waals surface area contributed by atoms with Crippen LogP contribution in [-0.2, 0) is 27.8 Å². The highest BCUT2D eigenvalue weighted by Crippen LogP contribution is 2.23. The molecule has 1 atom stereocenters. The molecule has 10 heteroatoms. The fourth-order valence-corrected chi connectivity index (χ4v) is 4.63. The number of amides is 1. The Hall–Kier alpha value is -2.13. The lowest BCUT2D eigenvalue weighted by molar-refractivity contribution is -0.122. The monoisotopic (exact) mass is 468 g/mol. The van der Waals surface area contributed by atoms with Crippen molar-refractivity contribution in [1.29, 1.82) is 0 Å². The molecule has 3 rings (SSSR count). The number of carbonyl (C=O) groups is 1. The van der Waals surface area contributed by atoms with Gasteiger partial charge in [-0.15, -0.1) is 0 Å². The summed E-state index contributed by atoms with van der Waals surface area (Å²) in [6.45, 7) is 1.98. The normalized spacial score (nSPS) is 12.8. The first-order valence-electron chi connectivity index (χ1n) is 9.41. The Morgan fingerprint density at radius 2 is 1.97 bits per heavy atom. The van der Waals surface area contributed by atoms with Crippen LogP contribution in [0.25, 0.3) is 11.0 Å². The fourth-order valence-electron chi connectivity index (χ4n) is 3.03. The minimum atomic E-state index is -3.60. The number of fused-ring (bicyclic) bond motifs is 1. The summed E-state index contributed by atoms with van der Waals surface area (Å²) < 4.78 is 27.1. The quantitative estimate of drug-likeness (QED) is 0.447. The first kappa shape index (κ1) is 22.6. The molecule has 0 fully saturated rings. The van der Waals surface area contributed by atoms with Crippen LogP contribution in [0.15, 0.2) is 42.7 Å². The smallest absolute Gasteiger partial charge is 0.238 e. The molecule has 7 nitrogen and oxygen atoms in total. The Morgan fingerprint density at radius 3 is 2.70 bits per heavy atom. The maximum atomic E-state index is 12.8. The molecule has 3 N–H and O–H groups in total. The van der Waals surface area contributed by atoms with Crippen molar-refractivity contribution in [2.45, 2.75) is 32.4 Å². The van der Waals surface area contributed by atoms with E-state index in [0.29, 0.717) is 22.0 Å². The second-order valence-electron chi connectivity index (χ2n) is 6.92. The summed E-state index contributed by atoms with van der Waals surface area (Å²) in [6, 6.07) is 7.78. The minimum Gasteiger partial charge on any atom is -0.351 e. The van der Waals surface area contributed by atoms with Gasteiger partial charge in [-0.1, -0.05) is 36.2 Å². The van der Waals surface area contributed by atoms with Gasteiger partial charge in [-0.05, 0) is 48.2 Å². The molecule has 3 aromatic rings. The Kier molecular flexibility index (Phi) is 7.36. The van der Waals surface area contributed by atoms with Gasteiger partial charge in [-0.25, -0.2) is 18.1 Å². The van der Waals surface area contributed by atoms with Crippen molar-refractivity contribution in [1.82, 2.24) is 20.0 Å². The predicted molar refractivity (Wildman–Crippen MR) is 119 cm³/mol. The van der Waals surface area contributed by atoms with Crippen LogP contribution >= 0.6 is 23.2 Å². The van der Waals surface area contributed by atoms with Crippen molar-refractivity contribution < 1.29 is 13.2 Å². The molecule has 0 saturated carbocycles. The zero-order chi connectivity index (χ0) is 21.7. The van der Waals surface area contributed by atoms with Gasteiger partial charge >= 0.3 is 0 Å². The largest absolute Gasteiger partial charge is 0.351 e. The van der Waals surface area contributed by atoms with Crippen LogP contribution in [-0.4, -0.2) is 36.1 Å². The topological polar surface area (TPSA) is 104 Å². The molecular weight excluding hydrogens is 447 g/mol. The average Bonchev–Trinajstić information content (AvgIpc) is 3.16. The van der Waals surface area contributed by atoms with Crippen molar-refractivity contribution in [2.75, 3.05) is 5.75 Å². The first-order chi connectivity index (χ1) is 14.3. The Balaban J connectivity index is 1.74. The fraction of sp³-hybridized carbons (Fsp3) is 0.300. The summed E-state index contributed by atoms with van der Waals surface area (Å²) in [5.41, 5.74) is 2.26. The van der Waals surface area contributed by atoms with Gasteiger partial charge in [0.05, 0.1) is 15.8 Å². The summed E-state index contributed by atoms with van der Waals surface area (Å²) in [5.74, 6) is -0.499. The van der Waals surface area contributed by atoms with Gasteiger partial charge in [0.2, 0.25) is 15.9 Å². The molecular formula is C20H22Cl2N4O3S. The highest BCUT2D eigenvalue weighted by Gasteiger charge is 2.24. The number of hydrogen-bond acceptors (Lipinski definition) is 4. The van der Waals surface area contributed by atoms with Crippen molar-refractivity contribution in [2.24, 2.45) is 0 Å². The van der Waals surface area contributed by atoms with E-state index < -0.39 is 22.0 Å². The average molecular weight is 469 g/mol. The summed E-state index contributed by atoms with van der Waals surface area (Å²) >= 11 is 12.0. The maximum Gasteiger partial charge on any atom is 0.238 e. The van der Waals surface area contributed by atoms with Gasteiger partial charge in [-0.2, -0.15) is 0 Å². The number of aromatic amines is 1. The summed E-state index contributed by atoms with van der Waals surface area (Å²) in [7, 11) is -3.60. The van der Waals surface area contributed by atoms with Crippen LogP contribution in [0.4, 0.5) is 0 Å². The van der Waals surface area contributed by atoms with E-state index in [1.807, 2.05) is 12.1 Å². The molecule has 2 aromatic heterocycles. The molecule has 0 aliphatic rings. The van der Waals surface area contributed by atoms with Gasteiger partial charge in [0.15, 0.2) is 0 Å². The van der Waals surface area contributed by atoms with E-state index in [2.05, 4.69) is 20.0 Å². The van der Waals surface area contributed by atoms with Gasteiger partial charge in [0, 0.05) is 24.3 Å². The molecule has 1 amide bonds. The Bertz CT molecular complexity index is 1150. The number of H-pyrrole nitrogens is 1. The number of nitrogens with zero attached hydrogens (tertiary/aromatic N) is 1. The van der Waals surface area contributed by atoms with E-state index in [0.717, 1.165) is 16.6 Å². The van der Waals surface area contributed by atoms with E-state index in [1.54, 1.807) is 37.5 Å². The molecule has 2 heterocycles. The molecule has 30 heavy (non-hydrogen) atoms. The number of sulfonamides is 1. The standard InChI is InChI=1S/C20H22Cl2N4O3S/c1-2-7-30(28,29)26-18(10-13-3-4-16(21)17(22)9-13)20(27)25-12-14-8-15-5-6-23-19(15)24-11-14/h3-6,8-9,11,18,26H,2,7,10,12H2,1H3,(H,23,24)(H,25,27). The third kappa shape index (κ3) is 5.95. The number of carbonyl (C=O) groups excluding carboxylic acids is 1. The predicted octanol–water partition coefficient (Wildman–Crippen LogP) is 3.43. The van der Waals surface area contributed by atoms with E-state index >= 15 is 0 Å². The Labute approximate surface area is 185 Å². The molecule has 0 spiro atoms. The number of rotatable bonds is 9. The van der Waals surface area contributed by atoms with Gasteiger partial charge in [0.1, 0.15) is 11.7 Å². The lowest BCUT2D eigenvalue weighted by Gasteiger charge is -2.19. The molecule has 0 bridgehead atoms. The van der Waals surface area contributed by atoms with Gasteiger partial charge in [0.25, 0.3) is 0 Å². The molecule has 160 valence electrons. The third-order valence-electron chi connectivity index (χ3n) is 4.46. The highest BCUT2D eigenvalue weighted by atomic mass is 35.5. The number of aromatic nitrogens is 2. The van der Waals surface area contributed by atoms with Crippen LogP contribution in [0.5, 0.6) is 0 Å². The number of pyridine rings is 1. The summed E-state index contributed by atoms with van der Waals surface area (Å²) in [6.07, 6.45) is 4.03. The van der Waals surface area contributed by atoms with Gasteiger partial charge < -0.3 is 10.3 Å². The lowest BCUT2D eigenvalue weighted by atomic mass is 10.1. The number of benzene rings is 1. The zero-order valence-electron chi connectivity index (χ0n) is 16.3. The van der Waals surface area contributed by atoms with Crippen LogP contribution in [0.2, 0.25) is 10.0 Å². The van der Waals surface area contributed by atoms with Crippen LogP contribution in [0, 0.1) is 0 Å². The number of nitrogens with one attached hydrogen (secondary N) is 3. The minimum absolute atomic E-state index is 0.0633. The number of hydrogen-bond donors (Lipinski definition) is 3. The van der Waals surface area contributed by atoms with Crippen LogP contribution in [0.3, 0.4) is 0 Å².